The number of anilines is 1. The van der Waals surface area contributed by atoms with E-state index >= 15 is 4.39 Å². The second-order valence-corrected chi connectivity index (χ2v) is 14.1. The van der Waals surface area contributed by atoms with Crippen LogP contribution in [0.15, 0.2) is 41.8 Å². The van der Waals surface area contributed by atoms with Crippen LogP contribution in [0, 0.1) is 11.7 Å². The summed E-state index contributed by atoms with van der Waals surface area (Å²) >= 11 is 7.99. The number of ether oxygens (including phenoxy) is 2. The van der Waals surface area contributed by atoms with Crippen molar-refractivity contribution in [3.8, 4) is 0 Å². The molecular formula is C35H41ClFN3O6S. The Hall–Kier alpha value is -3.09. The third kappa shape index (κ3) is 7.81. The molecule has 2 aromatic carbocycles. The van der Waals surface area contributed by atoms with E-state index in [9.17, 15) is 19.5 Å². The molecule has 6 rings (SSSR count). The summed E-state index contributed by atoms with van der Waals surface area (Å²) in [5.41, 5.74) is 0.786. The molecule has 3 heterocycles. The Morgan fingerprint density at radius 1 is 1.06 bits per heavy atom. The lowest BCUT2D eigenvalue weighted by atomic mass is 9.87. The van der Waals surface area contributed by atoms with Gasteiger partial charge in [-0.2, -0.15) is 0 Å². The number of halogens is 2. The van der Waals surface area contributed by atoms with Crippen molar-refractivity contribution in [2.45, 2.75) is 76.2 Å². The molecule has 252 valence electrons. The summed E-state index contributed by atoms with van der Waals surface area (Å²) in [4.78, 5) is 42.4. The van der Waals surface area contributed by atoms with Crippen molar-refractivity contribution >= 4 is 56.5 Å². The zero-order valence-electron chi connectivity index (χ0n) is 26.5. The molecule has 2 amide bonds. The van der Waals surface area contributed by atoms with Crippen LogP contribution in [-0.2, 0) is 25.5 Å². The molecule has 47 heavy (non-hydrogen) atoms. The fourth-order valence-electron chi connectivity index (χ4n) is 7.23. The van der Waals surface area contributed by atoms with Crippen molar-refractivity contribution in [1.82, 2.24) is 9.80 Å². The van der Waals surface area contributed by atoms with Crippen molar-refractivity contribution in [3.63, 3.8) is 0 Å². The predicted molar refractivity (Wildman–Crippen MR) is 180 cm³/mol. The van der Waals surface area contributed by atoms with Gasteiger partial charge in [0.2, 0.25) is 5.91 Å². The Bertz CT molecular complexity index is 1610. The summed E-state index contributed by atoms with van der Waals surface area (Å²) in [5.74, 6) is -2.30. The fourth-order valence-corrected chi connectivity index (χ4v) is 8.40. The third-order valence-corrected chi connectivity index (χ3v) is 11.1. The Labute approximate surface area is 283 Å². The van der Waals surface area contributed by atoms with Crippen molar-refractivity contribution in [2.75, 3.05) is 38.2 Å². The monoisotopic (exact) mass is 685 g/mol. The number of rotatable bonds is 11. The van der Waals surface area contributed by atoms with E-state index in [0.717, 1.165) is 36.0 Å². The Morgan fingerprint density at radius 3 is 2.62 bits per heavy atom. The van der Waals surface area contributed by atoms with Gasteiger partial charge in [-0.15, -0.1) is 11.3 Å². The smallest absolute Gasteiger partial charge is 0.306 e. The van der Waals surface area contributed by atoms with Gasteiger partial charge >= 0.3 is 5.97 Å². The molecule has 3 fully saturated rings. The van der Waals surface area contributed by atoms with Crippen LogP contribution in [0.3, 0.4) is 0 Å². The lowest BCUT2D eigenvalue weighted by molar-refractivity contribution is -0.144. The van der Waals surface area contributed by atoms with E-state index in [4.69, 9.17) is 21.1 Å². The molecule has 0 spiro atoms. The van der Waals surface area contributed by atoms with Gasteiger partial charge in [0.15, 0.2) is 0 Å². The molecule has 1 aromatic heterocycles. The Kier molecular flexibility index (Phi) is 10.8. The first-order valence-corrected chi connectivity index (χ1v) is 17.7. The summed E-state index contributed by atoms with van der Waals surface area (Å²) in [7, 11) is 0. The molecule has 2 N–H and O–H groups in total. The van der Waals surface area contributed by atoms with Gasteiger partial charge in [-0.1, -0.05) is 29.8 Å². The molecule has 9 nitrogen and oxygen atoms in total. The van der Waals surface area contributed by atoms with Crippen molar-refractivity contribution in [1.29, 1.82) is 0 Å². The first kappa shape index (κ1) is 33.8. The minimum atomic E-state index is -0.756. The summed E-state index contributed by atoms with van der Waals surface area (Å²) in [6.07, 6.45) is 4.17. The number of carboxylic acids is 1. The highest BCUT2D eigenvalue weighted by Crippen LogP contribution is 2.33. The van der Waals surface area contributed by atoms with Crippen LogP contribution in [0.4, 0.5) is 10.1 Å². The van der Waals surface area contributed by atoms with Crippen LogP contribution in [-0.4, -0.2) is 89.8 Å². The normalized spacial score (nSPS) is 25.0. The molecular weight excluding hydrogens is 645 g/mol. The minimum absolute atomic E-state index is 0.0400. The highest BCUT2D eigenvalue weighted by atomic mass is 35.5. The molecule has 3 aliphatic rings. The van der Waals surface area contributed by atoms with Gasteiger partial charge in [0.25, 0.3) is 5.91 Å². The first-order valence-electron chi connectivity index (χ1n) is 16.4. The number of carbonyl (C=O) groups excluding carboxylic acids is 2. The zero-order chi connectivity index (χ0) is 33.1. The van der Waals surface area contributed by atoms with Gasteiger partial charge in [-0.05, 0) is 69.2 Å². The molecule has 3 atom stereocenters. The Balaban J connectivity index is 1.12. The number of fused-ring (bicyclic) bond motifs is 1. The summed E-state index contributed by atoms with van der Waals surface area (Å²) in [6, 6.07) is 10.1. The SMILES string of the molecule is CCO[C@@H]1CCN([C@H]2C[C@@H](COC3CCC(C(=O)O)CC3)N(C(=O)Cc3cc(Cl)c(NC(=O)c4csc5ccccc45)cc3F)C2)C1. The van der Waals surface area contributed by atoms with Gasteiger partial charge in [-0.25, -0.2) is 4.39 Å². The summed E-state index contributed by atoms with van der Waals surface area (Å²) in [5, 5.41) is 14.8. The van der Waals surface area contributed by atoms with Crippen LogP contribution >= 0.6 is 22.9 Å². The van der Waals surface area contributed by atoms with Gasteiger partial charge < -0.3 is 24.8 Å². The quantitative estimate of drug-likeness (QED) is 0.247. The predicted octanol–water partition coefficient (Wildman–Crippen LogP) is 6.23. The van der Waals surface area contributed by atoms with Crippen LogP contribution in [0.1, 0.15) is 61.4 Å². The van der Waals surface area contributed by atoms with Crippen molar-refractivity contribution in [2.24, 2.45) is 5.92 Å². The molecule has 1 saturated carbocycles. The van der Waals surface area contributed by atoms with Crippen LogP contribution < -0.4 is 5.32 Å². The maximum atomic E-state index is 15.5. The number of amides is 2. The number of nitrogens with zero attached hydrogens (tertiary/aromatic N) is 2. The average molecular weight is 686 g/mol. The molecule has 2 aliphatic heterocycles. The van der Waals surface area contributed by atoms with Gasteiger partial charge in [0.1, 0.15) is 5.82 Å². The number of thiophene rings is 1. The molecule has 0 radical (unpaired) electrons. The van der Waals surface area contributed by atoms with Gasteiger partial charge in [0, 0.05) is 47.7 Å². The first-order chi connectivity index (χ1) is 22.7. The largest absolute Gasteiger partial charge is 0.481 e. The van der Waals surface area contributed by atoms with E-state index < -0.39 is 11.8 Å². The number of hydrogen-bond acceptors (Lipinski definition) is 7. The molecule has 0 bridgehead atoms. The molecule has 0 unspecified atom stereocenters. The highest BCUT2D eigenvalue weighted by Gasteiger charge is 2.41. The second kappa shape index (κ2) is 15.0. The topological polar surface area (TPSA) is 108 Å². The van der Waals surface area contributed by atoms with E-state index in [1.54, 1.807) is 5.38 Å². The van der Waals surface area contributed by atoms with Crippen molar-refractivity contribution in [3.05, 3.63) is 63.7 Å². The maximum absolute atomic E-state index is 15.5. The number of carboxylic acid groups (broad SMARTS) is 1. The number of likely N-dealkylation sites (tertiary alicyclic amines) is 2. The Morgan fingerprint density at radius 2 is 1.85 bits per heavy atom. The standard InChI is InChI=1S/C35H41ClFN3O6S/c1-2-45-26-11-12-39(18-26)23-15-24(19-46-25-9-7-21(8-10-25)35(43)44)40(17-23)33(41)14-22-13-29(36)31(16-30(22)37)38-34(42)28-20-47-32-6-4-3-5-27(28)32/h3-6,13,16,20-21,23-26H,2,7-12,14-15,17-19H2,1H3,(H,38,42)(H,43,44)/t21?,23-,24-,25?,26+/m0/s1. The number of hydrogen-bond donors (Lipinski definition) is 2. The highest BCUT2D eigenvalue weighted by molar-refractivity contribution is 7.17. The maximum Gasteiger partial charge on any atom is 0.306 e. The van der Waals surface area contributed by atoms with E-state index in [0.29, 0.717) is 51.0 Å². The van der Waals surface area contributed by atoms with Gasteiger partial charge in [0.05, 0.1) is 53.5 Å². The number of benzene rings is 2. The number of carbonyl (C=O) groups is 3. The van der Waals surface area contributed by atoms with Gasteiger partial charge in [-0.3, -0.25) is 19.3 Å². The summed E-state index contributed by atoms with van der Waals surface area (Å²) in [6.45, 7) is 5.21. The lowest BCUT2D eigenvalue weighted by Crippen LogP contribution is -2.41. The molecule has 2 saturated heterocycles. The molecule has 1 aliphatic carbocycles. The van der Waals surface area contributed by atoms with E-state index in [2.05, 4.69) is 10.2 Å². The van der Waals surface area contributed by atoms with Crippen molar-refractivity contribution < 1.29 is 33.4 Å². The molecule has 12 heteroatoms. The second-order valence-electron chi connectivity index (χ2n) is 12.8. The lowest BCUT2D eigenvalue weighted by Gasteiger charge is -2.30. The van der Waals surface area contributed by atoms with E-state index in [1.165, 1.54) is 23.5 Å². The van der Waals surface area contributed by atoms with Crippen LogP contribution in [0.5, 0.6) is 0 Å². The fraction of sp³-hybridized carbons (Fsp3) is 0.514. The summed E-state index contributed by atoms with van der Waals surface area (Å²) < 4.78 is 28.6. The van der Waals surface area contributed by atoms with E-state index in [-0.39, 0.29) is 64.7 Å². The average Bonchev–Trinajstić information content (AvgIpc) is 3.81. The third-order valence-electron chi connectivity index (χ3n) is 9.81. The van der Waals surface area contributed by atoms with E-state index in [1.807, 2.05) is 36.1 Å². The van der Waals surface area contributed by atoms with Crippen LogP contribution in [0.2, 0.25) is 5.02 Å². The number of aliphatic carboxylic acids is 1. The van der Waals surface area contributed by atoms with Crippen LogP contribution in [0.25, 0.3) is 10.1 Å². The number of nitrogens with one attached hydrogen (secondary N) is 1. The minimum Gasteiger partial charge on any atom is -0.481 e. The zero-order valence-corrected chi connectivity index (χ0v) is 28.0. The molecule has 3 aromatic rings.